The van der Waals surface area contributed by atoms with Crippen molar-refractivity contribution in [3.8, 4) is 0 Å². The van der Waals surface area contributed by atoms with Gasteiger partial charge >= 0.3 is 9.76 Å². The van der Waals surface area contributed by atoms with Gasteiger partial charge in [0, 0.05) is 0 Å². The maximum atomic E-state index is 11.7. The molecule has 0 aliphatic carbocycles. The van der Waals surface area contributed by atoms with E-state index in [2.05, 4.69) is 0 Å². The predicted octanol–water partition coefficient (Wildman–Crippen LogP) is 0.549. The van der Waals surface area contributed by atoms with Crippen LogP contribution in [0.1, 0.15) is 6.92 Å². The van der Waals surface area contributed by atoms with Gasteiger partial charge in [0.05, 0.1) is 0 Å². The van der Waals surface area contributed by atoms with Crippen molar-refractivity contribution >= 4 is 9.76 Å². The van der Waals surface area contributed by atoms with E-state index >= 15 is 0 Å². The first-order chi connectivity index (χ1) is 3.50. The summed E-state index contributed by atoms with van der Waals surface area (Å²) in [6.07, 6.45) is -2.26. The highest BCUT2D eigenvalue weighted by Crippen LogP contribution is 2.17. The standard InChI is InChI=1S/C3H5F3OSi/c1-2(4)3(5,6)8-7/h2,7H,1H3. The van der Waals surface area contributed by atoms with Crippen LogP contribution < -0.4 is 0 Å². The zero-order valence-electron chi connectivity index (χ0n) is 4.16. The summed E-state index contributed by atoms with van der Waals surface area (Å²) in [5.74, 6) is 0. The van der Waals surface area contributed by atoms with Crippen LogP contribution in [0.5, 0.6) is 0 Å². The van der Waals surface area contributed by atoms with Gasteiger partial charge in [-0.3, -0.25) is 0 Å². The molecule has 0 amide bonds. The molecular formula is C3H5F3OSi. The van der Waals surface area contributed by atoms with Crippen LogP contribution in [0.3, 0.4) is 0 Å². The van der Waals surface area contributed by atoms with Crippen molar-refractivity contribution in [2.24, 2.45) is 0 Å². The Kier molecular flexibility index (Phi) is 2.49. The van der Waals surface area contributed by atoms with E-state index in [9.17, 15) is 13.2 Å². The molecule has 1 nitrogen and oxygen atoms in total. The van der Waals surface area contributed by atoms with Gasteiger partial charge in [-0.1, -0.05) is 0 Å². The minimum atomic E-state index is -3.54. The Hall–Kier alpha value is -0.0331. The third kappa shape index (κ3) is 1.83. The molecule has 2 radical (unpaired) electrons. The van der Waals surface area contributed by atoms with Gasteiger partial charge in [-0.15, -0.1) is 0 Å². The lowest BCUT2D eigenvalue weighted by Gasteiger charge is -2.11. The fourth-order valence-electron chi connectivity index (χ4n) is 0.0889. The molecule has 8 heavy (non-hydrogen) atoms. The number of halogens is 3. The fourth-order valence-corrected chi connectivity index (χ4v) is 0.267. The first kappa shape index (κ1) is 7.97. The predicted molar refractivity (Wildman–Crippen MR) is 23.5 cm³/mol. The maximum absolute atomic E-state index is 11.7. The van der Waals surface area contributed by atoms with E-state index < -0.39 is 21.5 Å². The lowest BCUT2D eigenvalue weighted by Crippen LogP contribution is -2.34. The number of alkyl halides is 3. The molecule has 0 aromatic carbocycles. The Bertz CT molecular complexity index is 74.9. The fraction of sp³-hybridized carbons (Fsp3) is 1.00. The van der Waals surface area contributed by atoms with Crippen molar-refractivity contribution < 1.29 is 18.0 Å². The lowest BCUT2D eigenvalue weighted by molar-refractivity contribution is 0.00250. The van der Waals surface area contributed by atoms with Crippen LogP contribution in [0, 0.1) is 0 Å². The van der Waals surface area contributed by atoms with Crippen LogP contribution in [0.25, 0.3) is 0 Å². The van der Waals surface area contributed by atoms with Gasteiger partial charge in [0.25, 0.3) is 5.55 Å². The molecule has 0 aliphatic rings. The summed E-state index contributed by atoms with van der Waals surface area (Å²) < 4.78 is 34.9. The second-order valence-corrected chi connectivity index (χ2v) is 2.24. The van der Waals surface area contributed by atoms with Crippen LogP contribution >= 0.6 is 0 Å². The molecule has 0 rings (SSSR count). The van der Waals surface area contributed by atoms with Crippen molar-refractivity contribution in [2.75, 3.05) is 0 Å². The lowest BCUT2D eigenvalue weighted by atomic mass is 10.5. The van der Waals surface area contributed by atoms with Crippen molar-refractivity contribution in [2.45, 2.75) is 18.6 Å². The van der Waals surface area contributed by atoms with Crippen molar-refractivity contribution in [1.29, 1.82) is 0 Å². The maximum Gasteiger partial charge on any atom is 0.319 e. The molecule has 0 fully saturated rings. The minimum absolute atomic E-state index is 0.712. The summed E-state index contributed by atoms with van der Waals surface area (Å²) >= 11 is 0. The highest BCUT2D eigenvalue weighted by Gasteiger charge is 2.37. The molecule has 48 valence electrons. The van der Waals surface area contributed by atoms with Crippen molar-refractivity contribution in [3.05, 3.63) is 0 Å². The van der Waals surface area contributed by atoms with Gasteiger partial charge in [-0.05, 0) is 6.92 Å². The van der Waals surface area contributed by atoms with Gasteiger partial charge in [0.1, 0.15) is 0 Å². The number of rotatable bonds is 2. The molecule has 1 atom stereocenters. The van der Waals surface area contributed by atoms with E-state index in [1.165, 1.54) is 0 Å². The van der Waals surface area contributed by atoms with Gasteiger partial charge in [-0.25, -0.2) is 13.2 Å². The van der Waals surface area contributed by atoms with Gasteiger partial charge in [-0.2, -0.15) is 0 Å². The Labute approximate surface area is 47.5 Å². The molecule has 0 saturated carbocycles. The van der Waals surface area contributed by atoms with Crippen LogP contribution in [-0.4, -0.2) is 26.3 Å². The zero-order chi connectivity index (χ0) is 6.78. The highest BCUT2D eigenvalue weighted by molar-refractivity contribution is 6.29. The largest absolute Gasteiger partial charge is 0.427 e. The van der Waals surface area contributed by atoms with E-state index in [0.29, 0.717) is 6.92 Å². The van der Waals surface area contributed by atoms with Gasteiger partial charge < -0.3 is 4.80 Å². The van der Waals surface area contributed by atoms with E-state index in [0.717, 1.165) is 0 Å². The average molecular weight is 142 g/mol. The molecule has 1 N–H and O–H groups in total. The SMILES string of the molecule is CC(F)C(F)(F)[Si]O. The molecule has 0 aromatic heterocycles. The van der Waals surface area contributed by atoms with Crippen molar-refractivity contribution in [1.82, 2.24) is 0 Å². The number of hydrogen-bond donors (Lipinski definition) is 1. The van der Waals surface area contributed by atoms with E-state index in [-0.39, 0.29) is 0 Å². The average Bonchev–Trinajstić information content (AvgIpc) is 1.67. The third-order valence-corrected chi connectivity index (χ3v) is 1.34. The summed E-state index contributed by atoms with van der Waals surface area (Å²) in [6.45, 7) is 0.712. The molecule has 0 aliphatic heterocycles. The Morgan fingerprint density at radius 1 is 1.62 bits per heavy atom. The third-order valence-electron chi connectivity index (χ3n) is 0.649. The Morgan fingerprint density at radius 2 is 2.00 bits per heavy atom. The van der Waals surface area contributed by atoms with Crippen molar-refractivity contribution in [3.63, 3.8) is 0 Å². The quantitative estimate of drug-likeness (QED) is 0.558. The topological polar surface area (TPSA) is 20.2 Å². The smallest absolute Gasteiger partial charge is 0.319 e. The summed E-state index contributed by atoms with van der Waals surface area (Å²) in [4.78, 5) is 7.80. The molecule has 0 heterocycles. The molecular weight excluding hydrogens is 137 g/mol. The normalized spacial score (nSPS) is 16.1. The molecule has 5 heteroatoms. The molecule has 0 spiro atoms. The molecule has 0 saturated heterocycles. The summed E-state index contributed by atoms with van der Waals surface area (Å²) in [6, 6.07) is 0. The summed E-state index contributed by atoms with van der Waals surface area (Å²) in [5, 5.41) is 0. The van der Waals surface area contributed by atoms with Crippen LogP contribution in [0.4, 0.5) is 13.2 Å². The monoisotopic (exact) mass is 142 g/mol. The Balaban J connectivity index is 3.71. The van der Waals surface area contributed by atoms with Gasteiger partial charge in [0.15, 0.2) is 6.17 Å². The second-order valence-electron chi connectivity index (χ2n) is 1.35. The highest BCUT2D eigenvalue weighted by atomic mass is 28.2. The van der Waals surface area contributed by atoms with Crippen LogP contribution in [0.2, 0.25) is 0 Å². The first-order valence-corrected chi connectivity index (χ1v) is 2.88. The Morgan fingerprint density at radius 3 is 2.00 bits per heavy atom. The van der Waals surface area contributed by atoms with Crippen LogP contribution in [-0.2, 0) is 0 Å². The molecule has 1 unspecified atom stereocenters. The first-order valence-electron chi connectivity index (χ1n) is 1.94. The van der Waals surface area contributed by atoms with Crippen LogP contribution in [0.15, 0.2) is 0 Å². The second kappa shape index (κ2) is 2.50. The molecule has 0 bridgehead atoms. The zero-order valence-corrected chi connectivity index (χ0v) is 5.16. The minimum Gasteiger partial charge on any atom is -0.427 e. The van der Waals surface area contributed by atoms with E-state index in [1.807, 2.05) is 0 Å². The summed E-state index contributed by atoms with van der Waals surface area (Å²) in [5.41, 5.74) is -3.54. The molecule has 0 aromatic rings. The van der Waals surface area contributed by atoms with Gasteiger partial charge in [0.2, 0.25) is 0 Å². The van der Waals surface area contributed by atoms with E-state index in [1.54, 1.807) is 0 Å². The number of hydrogen-bond acceptors (Lipinski definition) is 1. The summed E-state index contributed by atoms with van der Waals surface area (Å²) in [7, 11) is -1.64. The van der Waals surface area contributed by atoms with E-state index in [4.69, 9.17) is 4.80 Å².